The lowest BCUT2D eigenvalue weighted by molar-refractivity contribution is 0.598. The lowest BCUT2D eigenvalue weighted by Gasteiger charge is -2.08. The highest BCUT2D eigenvalue weighted by molar-refractivity contribution is 7.89. The highest BCUT2D eigenvalue weighted by atomic mass is 32.2. The minimum absolute atomic E-state index is 0.0497. The molecular weight excluding hydrogens is 238 g/mol. The number of benzene rings is 1. The predicted octanol–water partition coefficient (Wildman–Crippen LogP) is 1.13. The standard InChI is InChI=1S/C11H17N3O2S/c1-2-7-3-11(7)14-9-4-8(12)5-10(6-9)17(13,15)16/h4-7,11,14H,2-3,12H2,1H3,(H2,13,15,16). The molecular formula is C11H17N3O2S. The van der Waals surface area contributed by atoms with E-state index in [0.717, 1.165) is 18.5 Å². The van der Waals surface area contributed by atoms with E-state index in [0.29, 0.717) is 17.6 Å². The largest absolute Gasteiger partial charge is 0.399 e. The van der Waals surface area contributed by atoms with Crippen LogP contribution >= 0.6 is 0 Å². The zero-order valence-corrected chi connectivity index (χ0v) is 10.5. The summed E-state index contributed by atoms with van der Waals surface area (Å²) < 4.78 is 22.5. The first-order valence-corrected chi connectivity index (χ1v) is 7.14. The van der Waals surface area contributed by atoms with Crippen LogP contribution in [0.2, 0.25) is 0 Å². The van der Waals surface area contributed by atoms with E-state index in [-0.39, 0.29) is 4.90 Å². The average molecular weight is 255 g/mol. The Hall–Kier alpha value is -1.27. The molecule has 0 heterocycles. The van der Waals surface area contributed by atoms with Crippen molar-refractivity contribution in [1.82, 2.24) is 0 Å². The van der Waals surface area contributed by atoms with Crippen LogP contribution in [0.4, 0.5) is 11.4 Å². The maximum absolute atomic E-state index is 11.3. The summed E-state index contributed by atoms with van der Waals surface area (Å²) in [7, 11) is -3.70. The predicted molar refractivity (Wildman–Crippen MR) is 68.0 cm³/mol. The molecule has 1 saturated carbocycles. The third-order valence-electron chi connectivity index (χ3n) is 3.06. The summed E-state index contributed by atoms with van der Waals surface area (Å²) in [6.07, 6.45) is 2.25. The molecule has 0 bridgehead atoms. The van der Waals surface area contributed by atoms with Gasteiger partial charge in [0.15, 0.2) is 0 Å². The molecule has 0 saturated heterocycles. The quantitative estimate of drug-likeness (QED) is 0.702. The minimum atomic E-state index is -3.70. The number of hydrogen-bond donors (Lipinski definition) is 3. The first-order chi connectivity index (χ1) is 7.90. The van der Waals surface area contributed by atoms with Crippen molar-refractivity contribution >= 4 is 21.4 Å². The van der Waals surface area contributed by atoms with Crippen LogP contribution in [0, 0.1) is 5.92 Å². The summed E-state index contributed by atoms with van der Waals surface area (Å²) >= 11 is 0. The molecule has 0 aliphatic heterocycles. The van der Waals surface area contributed by atoms with Gasteiger partial charge in [-0.2, -0.15) is 0 Å². The highest BCUT2D eigenvalue weighted by Crippen LogP contribution is 2.36. The van der Waals surface area contributed by atoms with Gasteiger partial charge in [-0.1, -0.05) is 13.3 Å². The van der Waals surface area contributed by atoms with Gasteiger partial charge < -0.3 is 11.1 Å². The number of nitrogen functional groups attached to an aromatic ring is 1. The highest BCUT2D eigenvalue weighted by Gasteiger charge is 2.35. The summed E-state index contributed by atoms with van der Waals surface area (Å²) in [6, 6.07) is 5.04. The van der Waals surface area contributed by atoms with Crippen LogP contribution < -0.4 is 16.2 Å². The monoisotopic (exact) mass is 255 g/mol. The van der Waals surface area contributed by atoms with Crippen LogP contribution in [0.5, 0.6) is 0 Å². The van der Waals surface area contributed by atoms with E-state index in [2.05, 4.69) is 12.2 Å². The van der Waals surface area contributed by atoms with Gasteiger partial charge in [-0.15, -0.1) is 0 Å². The molecule has 0 spiro atoms. The molecule has 6 heteroatoms. The Morgan fingerprint density at radius 2 is 2.12 bits per heavy atom. The smallest absolute Gasteiger partial charge is 0.238 e. The summed E-state index contributed by atoms with van der Waals surface area (Å²) in [4.78, 5) is 0.0497. The van der Waals surface area contributed by atoms with Gasteiger partial charge >= 0.3 is 0 Å². The Labute approximate surface area is 101 Å². The number of hydrogen-bond acceptors (Lipinski definition) is 4. The molecule has 1 aromatic rings. The lowest BCUT2D eigenvalue weighted by atomic mass is 10.2. The van der Waals surface area contributed by atoms with E-state index >= 15 is 0 Å². The molecule has 5 N–H and O–H groups in total. The van der Waals surface area contributed by atoms with Crippen LogP contribution in [0.3, 0.4) is 0 Å². The van der Waals surface area contributed by atoms with Crippen molar-refractivity contribution in [1.29, 1.82) is 0 Å². The maximum Gasteiger partial charge on any atom is 0.238 e. The number of sulfonamides is 1. The fourth-order valence-corrected chi connectivity index (χ4v) is 2.55. The summed E-state index contributed by atoms with van der Waals surface area (Å²) in [6.45, 7) is 2.14. The Kier molecular flexibility index (Phi) is 3.01. The lowest BCUT2D eigenvalue weighted by Crippen LogP contribution is -2.13. The third kappa shape index (κ3) is 2.89. The van der Waals surface area contributed by atoms with E-state index < -0.39 is 10.0 Å². The fraction of sp³-hybridized carbons (Fsp3) is 0.455. The van der Waals surface area contributed by atoms with E-state index in [1.807, 2.05) is 0 Å². The van der Waals surface area contributed by atoms with Crippen molar-refractivity contribution in [2.75, 3.05) is 11.1 Å². The van der Waals surface area contributed by atoms with Crippen LogP contribution in [0.1, 0.15) is 19.8 Å². The van der Waals surface area contributed by atoms with Gasteiger partial charge in [-0.25, -0.2) is 13.6 Å². The second-order valence-corrected chi connectivity index (χ2v) is 6.05. The maximum atomic E-state index is 11.3. The van der Waals surface area contributed by atoms with Crippen molar-refractivity contribution in [2.24, 2.45) is 11.1 Å². The molecule has 17 heavy (non-hydrogen) atoms. The molecule has 0 radical (unpaired) electrons. The number of rotatable bonds is 4. The minimum Gasteiger partial charge on any atom is -0.399 e. The molecule has 2 atom stereocenters. The van der Waals surface area contributed by atoms with Gasteiger partial charge in [0.25, 0.3) is 0 Å². The molecule has 5 nitrogen and oxygen atoms in total. The zero-order chi connectivity index (χ0) is 12.6. The Morgan fingerprint density at radius 3 is 2.65 bits per heavy atom. The van der Waals surface area contributed by atoms with Crippen LogP contribution in [0.15, 0.2) is 23.1 Å². The Morgan fingerprint density at radius 1 is 1.41 bits per heavy atom. The van der Waals surface area contributed by atoms with E-state index in [9.17, 15) is 8.42 Å². The molecule has 94 valence electrons. The molecule has 1 aliphatic rings. The second-order valence-electron chi connectivity index (χ2n) is 4.49. The SMILES string of the molecule is CCC1CC1Nc1cc(N)cc(S(N)(=O)=O)c1. The third-order valence-corrected chi connectivity index (χ3v) is 3.95. The van der Waals surface area contributed by atoms with Crippen LogP contribution in [-0.4, -0.2) is 14.5 Å². The average Bonchev–Trinajstić information content (AvgIpc) is 2.94. The number of anilines is 2. The molecule has 1 fully saturated rings. The topological polar surface area (TPSA) is 98.2 Å². The van der Waals surface area contributed by atoms with E-state index in [1.165, 1.54) is 12.1 Å². The van der Waals surface area contributed by atoms with Gasteiger partial charge in [0.2, 0.25) is 10.0 Å². The van der Waals surface area contributed by atoms with Crippen molar-refractivity contribution in [3.63, 3.8) is 0 Å². The van der Waals surface area contributed by atoms with Crippen molar-refractivity contribution in [3.8, 4) is 0 Å². The molecule has 2 unspecified atom stereocenters. The number of nitrogens with one attached hydrogen (secondary N) is 1. The summed E-state index contributed by atoms with van der Waals surface area (Å²) in [5.74, 6) is 0.675. The van der Waals surface area contributed by atoms with E-state index in [4.69, 9.17) is 10.9 Å². The van der Waals surface area contributed by atoms with Crippen LogP contribution in [-0.2, 0) is 10.0 Å². The van der Waals surface area contributed by atoms with Gasteiger partial charge in [0.1, 0.15) is 0 Å². The number of nitrogens with two attached hydrogens (primary N) is 2. The number of primary sulfonamides is 1. The van der Waals surface area contributed by atoms with Crippen molar-refractivity contribution in [3.05, 3.63) is 18.2 Å². The first kappa shape index (κ1) is 12.2. The molecule has 1 aromatic carbocycles. The fourth-order valence-electron chi connectivity index (χ4n) is 1.96. The second kappa shape index (κ2) is 4.19. The van der Waals surface area contributed by atoms with E-state index in [1.54, 1.807) is 6.07 Å². The van der Waals surface area contributed by atoms with Gasteiger partial charge in [-0.3, -0.25) is 0 Å². The Balaban J connectivity index is 2.21. The van der Waals surface area contributed by atoms with Gasteiger partial charge in [0.05, 0.1) is 4.90 Å². The molecule has 0 aromatic heterocycles. The Bertz CT molecular complexity index is 528. The van der Waals surface area contributed by atoms with Crippen molar-refractivity contribution in [2.45, 2.75) is 30.7 Å². The normalized spacial score (nSPS) is 23.4. The molecule has 1 aliphatic carbocycles. The zero-order valence-electron chi connectivity index (χ0n) is 9.68. The molecule has 0 amide bonds. The first-order valence-electron chi connectivity index (χ1n) is 5.60. The van der Waals surface area contributed by atoms with Gasteiger partial charge in [0, 0.05) is 17.4 Å². The summed E-state index contributed by atoms with van der Waals surface area (Å²) in [5.41, 5.74) is 6.77. The van der Waals surface area contributed by atoms with Crippen molar-refractivity contribution < 1.29 is 8.42 Å². The molecule has 2 rings (SSSR count). The van der Waals surface area contributed by atoms with Gasteiger partial charge in [-0.05, 0) is 30.5 Å². The van der Waals surface area contributed by atoms with Crippen LogP contribution in [0.25, 0.3) is 0 Å². The summed E-state index contributed by atoms with van der Waals surface area (Å²) in [5, 5.41) is 8.35.